The topological polar surface area (TPSA) is 221 Å². The van der Waals surface area contributed by atoms with Gasteiger partial charge in [0.25, 0.3) is 11.8 Å². The summed E-state index contributed by atoms with van der Waals surface area (Å²) in [4.78, 5) is 70.9. The van der Waals surface area contributed by atoms with Gasteiger partial charge < -0.3 is 49.5 Å². The van der Waals surface area contributed by atoms with E-state index in [0.29, 0.717) is 78.2 Å². The average Bonchev–Trinajstić information content (AvgIpc) is 3.04. The Morgan fingerprint density at radius 2 is 0.881 bits per heavy atom. The van der Waals surface area contributed by atoms with Crippen LogP contribution in [0.15, 0.2) is 133 Å². The number of phenolic OH excluding ortho intramolecular Hbond substituents is 2. The van der Waals surface area contributed by atoms with Crippen molar-refractivity contribution in [2.75, 3.05) is 39.5 Å². The molecule has 15 nitrogen and oxygen atoms in total. The Balaban J connectivity index is 1.26. The normalized spacial score (nSPS) is 12.1. The molecule has 2 unspecified atom stereocenters. The third kappa shape index (κ3) is 14.5. The molecule has 0 saturated heterocycles. The van der Waals surface area contributed by atoms with Gasteiger partial charge in [0.05, 0.1) is 6.42 Å². The number of carboxylic acid groups (broad SMARTS) is 3. The highest BCUT2D eigenvalue weighted by atomic mass is 16.5. The minimum atomic E-state index is -2.31. The number of nitrogens with zero attached hydrogens (tertiary/aromatic N) is 2. The van der Waals surface area contributed by atoms with E-state index in [9.17, 15) is 44.7 Å². The van der Waals surface area contributed by atoms with Crippen LogP contribution in [0.4, 0.5) is 0 Å². The summed E-state index contributed by atoms with van der Waals surface area (Å²) in [5.41, 5.74) is 3.71. The Labute approximate surface area is 489 Å². The molecule has 0 aliphatic heterocycles. The third-order valence-corrected chi connectivity index (χ3v) is 15.1. The Morgan fingerprint density at radius 1 is 0.464 bits per heavy atom. The molecule has 84 heavy (non-hydrogen) atoms. The van der Waals surface area contributed by atoms with Crippen LogP contribution in [-0.4, -0.2) is 111 Å². The van der Waals surface area contributed by atoms with Gasteiger partial charge in [-0.15, -0.1) is 0 Å². The molecular formula is C69H74N2O13. The zero-order valence-electron chi connectivity index (χ0n) is 48.4. The number of ether oxygens (including phenoxy) is 3. The number of fused-ring (bicyclic) bond motifs is 6. The molecule has 2 atom stereocenters. The molecule has 8 rings (SSSR count). The van der Waals surface area contributed by atoms with Crippen LogP contribution < -0.4 is 4.74 Å². The number of carbonyl (C=O) groups excluding carboxylic acids is 2. The summed E-state index contributed by atoms with van der Waals surface area (Å²) in [7, 11) is 0. The number of amides is 2. The van der Waals surface area contributed by atoms with Gasteiger partial charge in [0, 0.05) is 97.1 Å². The molecule has 2 amide bonds. The molecule has 438 valence electrons. The predicted octanol–water partition coefficient (Wildman–Crippen LogP) is 13.5. The van der Waals surface area contributed by atoms with Gasteiger partial charge in [0.2, 0.25) is 6.10 Å². The van der Waals surface area contributed by atoms with Crippen molar-refractivity contribution in [3.05, 3.63) is 172 Å². The van der Waals surface area contributed by atoms with Gasteiger partial charge in [0.1, 0.15) is 23.2 Å². The number of rotatable bonds is 29. The van der Waals surface area contributed by atoms with Crippen molar-refractivity contribution in [3.63, 3.8) is 0 Å². The summed E-state index contributed by atoms with van der Waals surface area (Å²) < 4.78 is 18.2. The van der Waals surface area contributed by atoms with E-state index in [1.54, 1.807) is 91.2 Å². The van der Waals surface area contributed by atoms with E-state index >= 15 is 4.79 Å². The highest BCUT2D eigenvalue weighted by Gasteiger charge is 2.39. The molecule has 15 heteroatoms. The lowest BCUT2D eigenvalue weighted by atomic mass is 9.90. The molecule has 0 aromatic heterocycles. The number of aryl methyl sites for hydroxylation is 3. The monoisotopic (exact) mass is 1140 g/mol. The number of aromatic hydroxyl groups is 2. The molecule has 0 saturated carbocycles. The smallest absolute Gasteiger partial charge is 0.345 e. The zero-order valence-corrected chi connectivity index (χ0v) is 48.4. The van der Waals surface area contributed by atoms with E-state index in [1.807, 2.05) is 54.6 Å². The summed E-state index contributed by atoms with van der Waals surface area (Å²) in [5, 5.41) is 62.4. The molecule has 0 aliphatic rings. The van der Waals surface area contributed by atoms with Crippen LogP contribution >= 0.6 is 0 Å². The maximum atomic E-state index is 15.1. The first-order valence-electron chi connectivity index (χ1n) is 28.8. The molecular weight excluding hydrogens is 1060 g/mol. The summed E-state index contributed by atoms with van der Waals surface area (Å²) in [6.07, 6.45) is 1.25. The van der Waals surface area contributed by atoms with Crippen molar-refractivity contribution in [1.29, 1.82) is 0 Å². The van der Waals surface area contributed by atoms with Crippen LogP contribution in [-0.2, 0) is 36.9 Å². The van der Waals surface area contributed by atoms with Gasteiger partial charge in [-0.05, 0) is 144 Å². The Kier molecular flexibility index (Phi) is 20.8. The molecule has 0 aliphatic carbocycles. The van der Waals surface area contributed by atoms with E-state index in [0.717, 1.165) is 58.0 Å². The SMILES string of the molecule is CCCCOCCCN(Cc1cc(C)cc(-c2cc(C)cc(-c3cc(C)cc(CN(CCCOCCCC)C(=O)c4ccc5c6ccccc6c6ccccc6c5c4)c3O)c2OC(C(=O)O)C(CC(=O)O)C(=O)O)c1O)C(=O)c1ccccc1. The minimum Gasteiger partial charge on any atom is -0.507 e. The molecule has 0 fully saturated rings. The molecule has 8 aromatic carbocycles. The quantitative estimate of drug-likeness (QED) is 0.0218. The van der Waals surface area contributed by atoms with E-state index in [2.05, 4.69) is 32.0 Å². The third-order valence-electron chi connectivity index (χ3n) is 15.1. The second-order valence-corrected chi connectivity index (χ2v) is 21.6. The van der Waals surface area contributed by atoms with E-state index in [1.165, 1.54) is 0 Å². The van der Waals surface area contributed by atoms with Gasteiger partial charge in [-0.2, -0.15) is 0 Å². The molecule has 0 bridgehead atoms. The first-order valence-corrected chi connectivity index (χ1v) is 28.8. The van der Waals surface area contributed by atoms with Crippen LogP contribution in [0, 0.1) is 26.7 Å². The highest BCUT2D eigenvalue weighted by molar-refractivity contribution is 6.26. The van der Waals surface area contributed by atoms with Crippen LogP contribution in [0.1, 0.15) is 107 Å². The summed E-state index contributed by atoms with van der Waals surface area (Å²) in [5.74, 6) is -8.67. The summed E-state index contributed by atoms with van der Waals surface area (Å²) >= 11 is 0. The van der Waals surface area contributed by atoms with Crippen molar-refractivity contribution >= 4 is 62.0 Å². The van der Waals surface area contributed by atoms with Crippen molar-refractivity contribution in [2.24, 2.45) is 5.92 Å². The van der Waals surface area contributed by atoms with Crippen LogP contribution in [0.2, 0.25) is 0 Å². The average molecular weight is 1140 g/mol. The number of carbonyl (C=O) groups is 5. The molecule has 0 radical (unpaired) electrons. The van der Waals surface area contributed by atoms with Crippen molar-refractivity contribution in [3.8, 4) is 39.5 Å². The van der Waals surface area contributed by atoms with Gasteiger partial charge in [-0.1, -0.05) is 112 Å². The molecule has 0 heterocycles. The van der Waals surface area contributed by atoms with Crippen LogP contribution in [0.25, 0.3) is 54.6 Å². The van der Waals surface area contributed by atoms with Gasteiger partial charge in [0.15, 0.2) is 0 Å². The number of carboxylic acids is 3. The van der Waals surface area contributed by atoms with E-state index < -0.39 is 36.4 Å². The lowest BCUT2D eigenvalue weighted by molar-refractivity contribution is -0.160. The number of aliphatic carboxylic acids is 3. The fraction of sp³-hybridized carbons (Fsp3) is 0.319. The first-order chi connectivity index (χ1) is 40.5. The maximum Gasteiger partial charge on any atom is 0.345 e. The van der Waals surface area contributed by atoms with Crippen LogP contribution in [0.5, 0.6) is 17.2 Å². The molecule has 8 aromatic rings. The van der Waals surface area contributed by atoms with Crippen molar-refractivity contribution < 1.29 is 63.7 Å². The standard InChI is InChI=1S/C69H74N2O13/c1-6-8-29-82-31-17-27-70(66(76)46-19-11-10-12-20-46)41-48-33-43(3)35-56(62(48)74)58-37-45(5)38-59(64(58)84-65(69(80)81)60(68(78)79)40-61(72)73)57-36-44(4)34-49(63(57)75)42-71(28-18-32-83-30-9-7-2)67(77)47-25-26-54-52-23-14-13-21-50(52)51-22-15-16-24-53(51)55(54)39-47/h10-16,19-26,33-39,60,65,74-75H,6-9,17-18,27-32,40-42H2,1-5H3,(H,72,73)(H,78,79)(H,80,81). The first kappa shape index (κ1) is 61.3. The highest BCUT2D eigenvalue weighted by Crippen LogP contribution is 2.48. The number of hydrogen-bond acceptors (Lipinski definition) is 10. The van der Waals surface area contributed by atoms with Crippen LogP contribution in [0.3, 0.4) is 0 Å². The van der Waals surface area contributed by atoms with Gasteiger partial charge in [-0.25, -0.2) is 4.79 Å². The van der Waals surface area contributed by atoms with Gasteiger partial charge in [-0.3, -0.25) is 19.2 Å². The Morgan fingerprint density at radius 3 is 1.33 bits per heavy atom. The number of benzene rings is 8. The van der Waals surface area contributed by atoms with Crippen molar-refractivity contribution in [1.82, 2.24) is 9.80 Å². The molecule has 0 spiro atoms. The Bertz CT molecular complexity index is 3660. The predicted molar refractivity (Wildman–Crippen MR) is 326 cm³/mol. The van der Waals surface area contributed by atoms with Gasteiger partial charge >= 0.3 is 17.9 Å². The summed E-state index contributed by atoms with van der Waals surface area (Å²) in [6.45, 7) is 11.8. The zero-order chi connectivity index (χ0) is 60.0. The lowest BCUT2D eigenvalue weighted by Gasteiger charge is -2.27. The number of phenols is 2. The number of unbranched alkanes of at least 4 members (excludes halogenated alkanes) is 2. The van der Waals surface area contributed by atoms with E-state index in [4.69, 9.17) is 14.2 Å². The lowest BCUT2D eigenvalue weighted by Crippen LogP contribution is -2.41. The second kappa shape index (κ2) is 28.5. The molecule has 5 N–H and O–H groups in total. The fourth-order valence-electron chi connectivity index (χ4n) is 10.9. The number of hydrogen-bond donors (Lipinski definition) is 5. The maximum absolute atomic E-state index is 15.1. The largest absolute Gasteiger partial charge is 0.507 e. The fourth-order valence-corrected chi connectivity index (χ4v) is 10.9. The van der Waals surface area contributed by atoms with E-state index in [-0.39, 0.29) is 77.5 Å². The Hall–Kier alpha value is -8.79. The van der Waals surface area contributed by atoms with Crippen molar-refractivity contribution in [2.45, 2.75) is 98.8 Å². The summed E-state index contributed by atoms with van der Waals surface area (Å²) in [6, 6.07) is 40.7. The second-order valence-electron chi connectivity index (χ2n) is 21.6. The minimum absolute atomic E-state index is 0.0651.